The maximum Gasteiger partial charge on any atom is 0.224 e. The second-order valence-corrected chi connectivity index (χ2v) is 10.2. The third-order valence-electron chi connectivity index (χ3n) is 7.49. The molecular formula is C33H39N3O8. The van der Waals surface area contributed by atoms with Crippen molar-refractivity contribution in [1.29, 1.82) is 0 Å². The Morgan fingerprint density at radius 2 is 1.57 bits per heavy atom. The summed E-state index contributed by atoms with van der Waals surface area (Å²) in [6, 6.07) is 11.8. The van der Waals surface area contributed by atoms with Gasteiger partial charge in [0, 0.05) is 31.5 Å². The van der Waals surface area contributed by atoms with Crippen LogP contribution in [0.25, 0.3) is 11.1 Å². The van der Waals surface area contributed by atoms with Crippen molar-refractivity contribution in [3.05, 3.63) is 63.8 Å². The standard InChI is InChI=1S/C33H39N3O8/c1-19(37)35-24-12-9-20-16-29(42-4)32(43-5)33(44-6)31(20)22-11-14-25(27(38)18-23(22)24)34-15-7-8-30(39)36-26-13-10-21(40-2)17-28(26)41-3/h10-11,13-14,16-18,24H,7-9,12,15H2,1-6H3,(H,34,38)(H,35,37)(H,36,39). The van der Waals surface area contributed by atoms with Crippen LogP contribution >= 0.6 is 0 Å². The van der Waals surface area contributed by atoms with Crippen LogP contribution in [0.1, 0.15) is 43.4 Å². The van der Waals surface area contributed by atoms with E-state index in [-0.39, 0.29) is 23.7 Å². The van der Waals surface area contributed by atoms with Gasteiger partial charge < -0.3 is 39.6 Å². The molecule has 1 aliphatic carbocycles. The highest BCUT2D eigenvalue weighted by Gasteiger charge is 2.29. The molecule has 4 rings (SSSR count). The molecule has 0 saturated carbocycles. The molecule has 44 heavy (non-hydrogen) atoms. The Morgan fingerprint density at radius 1 is 0.841 bits per heavy atom. The summed E-state index contributed by atoms with van der Waals surface area (Å²) in [7, 11) is 7.75. The highest BCUT2D eigenvalue weighted by Crippen LogP contribution is 2.50. The Labute approximate surface area is 256 Å². The molecule has 0 aliphatic heterocycles. The lowest BCUT2D eigenvalue weighted by Gasteiger charge is -2.19. The Hall–Kier alpha value is -4.93. The van der Waals surface area contributed by atoms with Crippen molar-refractivity contribution in [3.63, 3.8) is 0 Å². The van der Waals surface area contributed by atoms with Crippen molar-refractivity contribution < 1.29 is 33.3 Å². The number of aryl methyl sites for hydroxylation is 1. The van der Waals surface area contributed by atoms with Crippen LogP contribution in [0.2, 0.25) is 0 Å². The first-order valence-corrected chi connectivity index (χ1v) is 14.3. The minimum absolute atomic E-state index is 0.186. The normalized spacial score (nSPS) is 13.4. The zero-order valence-electron chi connectivity index (χ0n) is 25.9. The number of carbonyl (C=O) groups is 2. The molecule has 3 aromatic rings. The fraction of sp³-hybridized carbons (Fsp3) is 0.364. The number of fused-ring (bicyclic) bond motifs is 3. The average Bonchev–Trinajstić information content (AvgIpc) is 3.26. The number of amides is 2. The number of carbonyl (C=O) groups excluding carboxylic acids is 2. The molecule has 1 unspecified atom stereocenters. The van der Waals surface area contributed by atoms with Gasteiger partial charge in [-0.05, 0) is 66.3 Å². The molecule has 1 aliphatic rings. The summed E-state index contributed by atoms with van der Waals surface area (Å²) in [6.07, 6.45) is 1.88. The van der Waals surface area contributed by atoms with Gasteiger partial charge >= 0.3 is 0 Å². The van der Waals surface area contributed by atoms with E-state index in [0.29, 0.717) is 71.5 Å². The zero-order chi connectivity index (χ0) is 31.8. The van der Waals surface area contributed by atoms with Gasteiger partial charge in [-0.25, -0.2) is 0 Å². The number of nitrogens with one attached hydrogen (secondary N) is 3. The van der Waals surface area contributed by atoms with Gasteiger partial charge in [0.05, 0.1) is 53.0 Å². The maximum atomic E-state index is 13.5. The predicted octanol–water partition coefficient (Wildman–Crippen LogP) is 4.71. The van der Waals surface area contributed by atoms with Gasteiger partial charge in [-0.15, -0.1) is 0 Å². The lowest BCUT2D eigenvalue weighted by Crippen LogP contribution is -2.26. The van der Waals surface area contributed by atoms with Gasteiger partial charge in [0.15, 0.2) is 11.5 Å². The molecule has 11 heteroatoms. The summed E-state index contributed by atoms with van der Waals surface area (Å²) < 4.78 is 27.6. The highest BCUT2D eigenvalue weighted by atomic mass is 16.5. The van der Waals surface area contributed by atoms with Gasteiger partial charge in [0.2, 0.25) is 23.0 Å². The molecule has 2 amide bonds. The molecule has 3 aromatic carbocycles. The summed E-state index contributed by atoms with van der Waals surface area (Å²) in [4.78, 5) is 38.2. The van der Waals surface area contributed by atoms with Gasteiger partial charge in [0.1, 0.15) is 11.5 Å². The molecule has 0 bridgehead atoms. The molecule has 0 heterocycles. The number of anilines is 2. The van der Waals surface area contributed by atoms with Crippen molar-refractivity contribution >= 4 is 23.2 Å². The number of ether oxygens (including phenoxy) is 5. The summed E-state index contributed by atoms with van der Waals surface area (Å²) in [5, 5.41) is 9.04. The average molecular weight is 606 g/mol. The van der Waals surface area contributed by atoms with Crippen LogP contribution in [-0.2, 0) is 16.0 Å². The summed E-state index contributed by atoms with van der Waals surface area (Å²) in [6.45, 7) is 1.84. The van der Waals surface area contributed by atoms with Crippen molar-refractivity contribution in [2.75, 3.05) is 52.7 Å². The van der Waals surface area contributed by atoms with Gasteiger partial charge in [-0.3, -0.25) is 14.4 Å². The number of methoxy groups -OCH3 is 5. The van der Waals surface area contributed by atoms with E-state index >= 15 is 0 Å². The monoisotopic (exact) mass is 605 g/mol. The lowest BCUT2D eigenvalue weighted by atomic mass is 9.95. The first-order valence-electron chi connectivity index (χ1n) is 14.3. The largest absolute Gasteiger partial charge is 0.497 e. The smallest absolute Gasteiger partial charge is 0.224 e. The Balaban J connectivity index is 1.59. The van der Waals surface area contributed by atoms with Crippen LogP contribution in [0.5, 0.6) is 28.7 Å². The van der Waals surface area contributed by atoms with Crippen LogP contribution in [-0.4, -0.2) is 53.9 Å². The quantitative estimate of drug-likeness (QED) is 0.251. The topological polar surface area (TPSA) is 133 Å². The number of hydrogen-bond donors (Lipinski definition) is 3. The van der Waals surface area contributed by atoms with Crippen molar-refractivity contribution in [1.82, 2.24) is 5.32 Å². The SMILES string of the molecule is COc1ccc(NC(=O)CCCNc2ccc3c(cc2=O)C(NC(C)=O)CCc2cc(OC)c(OC)c(OC)c2-3)c(OC)c1. The van der Waals surface area contributed by atoms with Gasteiger partial charge in [-0.2, -0.15) is 0 Å². The molecule has 1 atom stereocenters. The molecule has 0 saturated heterocycles. The fourth-order valence-corrected chi connectivity index (χ4v) is 5.44. The minimum Gasteiger partial charge on any atom is -0.497 e. The molecule has 3 N–H and O–H groups in total. The lowest BCUT2D eigenvalue weighted by molar-refractivity contribution is -0.119. The third-order valence-corrected chi connectivity index (χ3v) is 7.49. The molecule has 0 radical (unpaired) electrons. The maximum absolute atomic E-state index is 13.5. The summed E-state index contributed by atoms with van der Waals surface area (Å²) >= 11 is 0. The van der Waals surface area contributed by atoms with Gasteiger partial charge in [0.25, 0.3) is 0 Å². The molecule has 0 aromatic heterocycles. The molecule has 11 nitrogen and oxygen atoms in total. The predicted molar refractivity (Wildman–Crippen MR) is 169 cm³/mol. The molecule has 234 valence electrons. The van der Waals surface area contributed by atoms with Crippen molar-refractivity contribution in [3.8, 4) is 39.9 Å². The van der Waals surface area contributed by atoms with E-state index in [0.717, 1.165) is 16.7 Å². The Morgan fingerprint density at radius 3 is 2.23 bits per heavy atom. The van der Waals surface area contributed by atoms with Gasteiger partial charge in [-0.1, -0.05) is 6.07 Å². The van der Waals surface area contributed by atoms with E-state index in [1.165, 1.54) is 14.0 Å². The molecular weight excluding hydrogens is 566 g/mol. The van der Waals surface area contributed by atoms with Crippen LogP contribution in [0.4, 0.5) is 11.4 Å². The second-order valence-electron chi connectivity index (χ2n) is 10.2. The Bertz CT molecular complexity index is 1590. The van der Waals surface area contributed by atoms with Crippen LogP contribution < -0.4 is 45.1 Å². The summed E-state index contributed by atoms with van der Waals surface area (Å²) in [5.41, 5.74) is 3.82. The first-order chi connectivity index (χ1) is 21.2. The molecule has 0 fully saturated rings. The van der Waals surface area contributed by atoms with Crippen LogP contribution in [0.15, 0.2) is 47.3 Å². The first kappa shape index (κ1) is 32.0. The van der Waals surface area contributed by atoms with Crippen molar-refractivity contribution in [2.24, 2.45) is 0 Å². The van der Waals surface area contributed by atoms with E-state index in [1.807, 2.05) is 12.1 Å². The minimum atomic E-state index is -0.400. The van der Waals surface area contributed by atoms with E-state index in [4.69, 9.17) is 23.7 Å². The summed E-state index contributed by atoms with van der Waals surface area (Å²) in [5.74, 6) is 2.19. The fourth-order valence-electron chi connectivity index (χ4n) is 5.44. The Kier molecular flexibility index (Phi) is 10.5. The third kappa shape index (κ3) is 6.99. The highest BCUT2D eigenvalue weighted by molar-refractivity contribution is 5.92. The van der Waals surface area contributed by atoms with E-state index in [1.54, 1.807) is 58.8 Å². The number of hydrogen-bond acceptors (Lipinski definition) is 9. The van der Waals surface area contributed by atoms with Crippen LogP contribution in [0.3, 0.4) is 0 Å². The number of rotatable bonds is 12. The number of benzene rings is 2. The zero-order valence-corrected chi connectivity index (χ0v) is 25.9. The van der Waals surface area contributed by atoms with Crippen molar-refractivity contribution in [2.45, 2.75) is 38.6 Å². The van der Waals surface area contributed by atoms with E-state index in [2.05, 4.69) is 16.0 Å². The van der Waals surface area contributed by atoms with E-state index in [9.17, 15) is 14.4 Å². The second kappa shape index (κ2) is 14.5. The molecule has 0 spiro atoms. The van der Waals surface area contributed by atoms with Crippen LogP contribution in [0, 0.1) is 0 Å². The van der Waals surface area contributed by atoms with E-state index < -0.39 is 6.04 Å².